The molecule has 13 aromatic carbocycles. The molecule has 0 aliphatic heterocycles. The molecule has 2 heterocycles. The second-order valence-electron chi connectivity index (χ2n) is 21.0. The van der Waals surface area contributed by atoms with Crippen LogP contribution in [-0.4, -0.2) is 9.13 Å². The third kappa shape index (κ3) is 7.57. The monoisotopic (exact) mass is 983 g/mol. The van der Waals surface area contributed by atoms with Crippen LogP contribution in [0.15, 0.2) is 279 Å². The fraction of sp³-hybridized carbons (Fsp3) is 0.0541. The molecule has 3 heteroatoms. The van der Waals surface area contributed by atoms with E-state index in [1.807, 2.05) is 0 Å². The highest BCUT2D eigenvalue weighted by Gasteiger charge is 2.25. The molecule has 364 valence electrons. The van der Waals surface area contributed by atoms with E-state index in [4.69, 9.17) is 0 Å². The summed E-state index contributed by atoms with van der Waals surface area (Å²) >= 11 is 0. The molecule has 0 radical (unpaired) electrons. The Kier molecular flexibility index (Phi) is 10.6. The molecule has 3 nitrogen and oxygen atoms in total. The molecular formula is C74H53N3. The quantitative estimate of drug-likeness (QED) is 0.133. The van der Waals surface area contributed by atoms with Gasteiger partial charge in [-0.15, -0.1) is 0 Å². The van der Waals surface area contributed by atoms with E-state index in [1.165, 1.54) is 103 Å². The summed E-state index contributed by atoms with van der Waals surface area (Å²) in [5.74, 6) is 0.607. The molecule has 0 amide bonds. The first-order chi connectivity index (χ1) is 38.1. The Morgan fingerprint density at radius 2 is 0.753 bits per heavy atom. The molecule has 0 bridgehead atoms. The molecule has 0 fully saturated rings. The molecule has 0 saturated carbocycles. The zero-order valence-electron chi connectivity index (χ0n) is 42.8. The van der Waals surface area contributed by atoms with Crippen molar-refractivity contribution in [3.8, 4) is 11.4 Å². The Morgan fingerprint density at radius 1 is 0.312 bits per heavy atom. The third-order valence-electron chi connectivity index (χ3n) is 16.4. The summed E-state index contributed by atoms with van der Waals surface area (Å²) in [5.41, 5.74) is 14.5. The minimum absolute atomic E-state index is 0.253. The van der Waals surface area contributed by atoms with Crippen LogP contribution in [0.25, 0.3) is 98.1 Å². The van der Waals surface area contributed by atoms with Gasteiger partial charge in [-0.2, -0.15) is 0 Å². The average molecular weight is 984 g/mol. The summed E-state index contributed by atoms with van der Waals surface area (Å²) < 4.78 is 5.02. The van der Waals surface area contributed by atoms with Crippen LogP contribution in [0.2, 0.25) is 0 Å². The van der Waals surface area contributed by atoms with Crippen LogP contribution in [0.1, 0.15) is 29.5 Å². The normalized spacial score (nSPS) is 12.7. The molecule has 0 spiro atoms. The van der Waals surface area contributed by atoms with E-state index in [9.17, 15) is 0 Å². The maximum Gasteiger partial charge on any atom is 0.0619 e. The number of anilines is 3. The largest absolute Gasteiger partial charge is 0.310 e. The SMILES string of the molecule is CC(Cc1ccc2c(ccc3c4cc5c(cc4n(-c4ccccc4)c23)c2ccc3cc(N(c4ccccc4)c4ccc6ccccc6c4)ccc3c2n5-c2ccccc2)c1)C(c1ccccc1)c1ccc2ccccc2c1. The van der Waals surface area contributed by atoms with Gasteiger partial charge in [-0.25, -0.2) is 0 Å². The number of benzene rings is 13. The van der Waals surface area contributed by atoms with E-state index in [-0.39, 0.29) is 5.92 Å². The molecule has 2 aromatic heterocycles. The molecule has 0 saturated heterocycles. The van der Waals surface area contributed by atoms with Gasteiger partial charge in [-0.05, 0) is 134 Å². The topological polar surface area (TPSA) is 13.1 Å². The van der Waals surface area contributed by atoms with Gasteiger partial charge >= 0.3 is 0 Å². The zero-order valence-corrected chi connectivity index (χ0v) is 42.8. The summed E-state index contributed by atoms with van der Waals surface area (Å²) in [4.78, 5) is 2.38. The van der Waals surface area contributed by atoms with Crippen molar-refractivity contribution in [2.45, 2.75) is 19.3 Å². The molecule has 0 N–H and O–H groups in total. The maximum absolute atomic E-state index is 2.52. The number of nitrogens with zero attached hydrogens (tertiary/aromatic N) is 3. The van der Waals surface area contributed by atoms with Crippen LogP contribution in [0.3, 0.4) is 0 Å². The van der Waals surface area contributed by atoms with Gasteiger partial charge < -0.3 is 14.0 Å². The van der Waals surface area contributed by atoms with Crippen LogP contribution < -0.4 is 4.90 Å². The summed E-state index contributed by atoms with van der Waals surface area (Å²) in [6.07, 6.45) is 0.954. The molecule has 15 rings (SSSR count). The summed E-state index contributed by atoms with van der Waals surface area (Å²) in [7, 11) is 0. The predicted molar refractivity (Wildman–Crippen MR) is 327 cm³/mol. The van der Waals surface area contributed by atoms with E-state index < -0.39 is 0 Å². The Morgan fingerprint density at radius 3 is 1.35 bits per heavy atom. The van der Waals surface area contributed by atoms with E-state index in [0.29, 0.717) is 5.92 Å². The lowest BCUT2D eigenvalue weighted by Crippen LogP contribution is -2.14. The van der Waals surface area contributed by atoms with Gasteiger partial charge in [0.2, 0.25) is 0 Å². The number of rotatable bonds is 10. The van der Waals surface area contributed by atoms with Crippen LogP contribution in [0.5, 0.6) is 0 Å². The number of para-hydroxylation sites is 3. The van der Waals surface area contributed by atoms with Crippen molar-refractivity contribution in [2.75, 3.05) is 4.90 Å². The van der Waals surface area contributed by atoms with Gasteiger partial charge in [0.25, 0.3) is 0 Å². The Bertz CT molecular complexity index is 4730. The lowest BCUT2D eigenvalue weighted by atomic mass is 9.78. The van der Waals surface area contributed by atoms with Crippen LogP contribution in [-0.2, 0) is 6.42 Å². The summed E-state index contributed by atoms with van der Waals surface area (Å²) in [5, 5.41) is 14.8. The van der Waals surface area contributed by atoms with Crippen LogP contribution in [0.4, 0.5) is 17.1 Å². The molecule has 2 unspecified atom stereocenters. The van der Waals surface area contributed by atoms with Crippen molar-refractivity contribution in [1.29, 1.82) is 0 Å². The number of hydrogen-bond acceptors (Lipinski definition) is 1. The van der Waals surface area contributed by atoms with E-state index in [2.05, 4.69) is 300 Å². The fourth-order valence-corrected chi connectivity index (χ4v) is 12.9. The average Bonchev–Trinajstić information content (AvgIpc) is 4.20. The Balaban J connectivity index is 0.891. The molecule has 0 aliphatic rings. The number of hydrogen-bond donors (Lipinski definition) is 0. The Hall–Kier alpha value is -9.70. The second kappa shape index (κ2) is 18.3. The molecule has 2 atom stereocenters. The van der Waals surface area contributed by atoms with Crippen molar-refractivity contribution in [3.05, 3.63) is 296 Å². The zero-order chi connectivity index (χ0) is 51.0. The molecular weight excluding hydrogens is 931 g/mol. The standard InChI is InChI=1S/C74H53N3/c1-49(72(53-20-6-2-7-21-53)58-32-31-51-18-14-16-22-54(51)44-58)42-50-30-38-64-56(43-50)34-39-66-68-47-71-69(48-70(68)76(73(64)66)60-26-10-4-11-27-60)67-40-35-57-46-63(37-41-65(57)74(67)77(71)61-28-12-5-13-29-61)75(59-24-8-3-9-25-59)62-36-33-52-19-15-17-23-55(52)45-62/h2-41,43-49,72H,42H2,1H3. The number of fused-ring (bicyclic) bond motifs is 12. The first kappa shape index (κ1) is 44.8. The van der Waals surface area contributed by atoms with Gasteiger partial charge in [0.05, 0.1) is 22.1 Å². The highest BCUT2D eigenvalue weighted by Crippen LogP contribution is 2.45. The van der Waals surface area contributed by atoms with Gasteiger partial charge in [-0.3, -0.25) is 0 Å². The van der Waals surface area contributed by atoms with E-state index >= 15 is 0 Å². The van der Waals surface area contributed by atoms with E-state index in [0.717, 1.165) is 34.9 Å². The van der Waals surface area contributed by atoms with Crippen LogP contribution >= 0.6 is 0 Å². The van der Waals surface area contributed by atoms with Gasteiger partial charge in [0, 0.05) is 66.7 Å². The number of aromatic nitrogens is 2. The van der Waals surface area contributed by atoms with Crippen molar-refractivity contribution < 1.29 is 0 Å². The van der Waals surface area contributed by atoms with Crippen molar-refractivity contribution in [2.24, 2.45) is 5.92 Å². The molecule has 0 aliphatic carbocycles. The lowest BCUT2D eigenvalue weighted by Gasteiger charge is -2.26. The third-order valence-corrected chi connectivity index (χ3v) is 16.4. The highest BCUT2D eigenvalue weighted by atomic mass is 15.1. The first-order valence-electron chi connectivity index (χ1n) is 27.0. The van der Waals surface area contributed by atoms with Crippen molar-refractivity contribution >= 4 is 104 Å². The summed E-state index contributed by atoms with van der Waals surface area (Å²) in [6.45, 7) is 2.43. The summed E-state index contributed by atoms with van der Waals surface area (Å²) in [6, 6.07) is 103. The van der Waals surface area contributed by atoms with Crippen molar-refractivity contribution in [1.82, 2.24) is 9.13 Å². The molecule has 15 aromatic rings. The van der Waals surface area contributed by atoms with Gasteiger partial charge in [0.15, 0.2) is 0 Å². The minimum atomic E-state index is 0.253. The maximum atomic E-state index is 2.52. The lowest BCUT2D eigenvalue weighted by molar-refractivity contribution is 0.510. The fourth-order valence-electron chi connectivity index (χ4n) is 12.9. The van der Waals surface area contributed by atoms with Crippen molar-refractivity contribution in [3.63, 3.8) is 0 Å². The van der Waals surface area contributed by atoms with Gasteiger partial charge in [0.1, 0.15) is 0 Å². The molecule has 77 heavy (non-hydrogen) atoms. The second-order valence-corrected chi connectivity index (χ2v) is 21.0. The van der Waals surface area contributed by atoms with Crippen LogP contribution in [0, 0.1) is 5.92 Å². The minimum Gasteiger partial charge on any atom is -0.310 e. The van der Waals surface area contributed by atoms with E-state index in [1.54, 1.807) is 0 Å². The smallest absolute Gasteiger partial charge is 0.0619 e. The predicted octanol–water partition coefficient (Wildman–Crippen LogP) is 20.0. The highest BCUT2D eigenvalue weighted by molar-refractivity contribution is 6.25. The Labute approximate surface area is 447 Å². The first-order valence-corrected chi connectivity index (χ1v) is 27.0. The van der Waals surface area contributed by atoms with Gasteiger partial charge in [-0.1, -0.05) is 213 Å².